The summed E-state index contributed by atoms with van der Waals surface area (Å²) in [7, 11) is -3.54. The Kier molecular flexibility index (Phi) is 4.46. The van der Waals surface area contributed by atoms with Crippen LogP contribution in [0.3, 0.4) is 0 Å². The van der Waals surface area contributed by atoms with E-state index in [1.807, 2.05) is 32.0 Å². The summed E-state index contributed by atoms with van der Waals surface area (Å²) in [5.74, 6) is 0.877. The minimum absolute atomic E-state index is 0.380. The number of aromatic nitrogens is 1. The fourth-order valence-corrected chi connectivity index (χ4v) is 6.37. The van der Waals surface area contributed by atoms with E-state index in [-0.39, 0.29) is 0 Å². The molecule has 26 heavy (non-hydrogen) atoms. The first-order chi connectivity index (χ1) is 12.5. The number of nitrogens with one attached hydrogen (secondary N) is 1. The van der Waals surface area contributed by atoms with Gasteiger partial charge in [-0.3, -0.25) is 0 Å². The molecule has 4 rings (SSSR count). The number of piperazine rings is 1. The zero-order valence-corrected chi connectivity index (χ0v) is 16.5. The summed E-state index contributed by atoms with van der Waals surface area (Å²) >= 11 is 1.32. The van der Waals surface area contributed by atoms with Crippen LogP contribution >= 0.6 is 11.3 Å². The normalized spacial score (nSPS) is 15.5. The van der Waals surface area contributed by atoms with Gasteiger partial charge in [-0.1, -0.05) is 12.1 Å². The zero-order valence-electron chi connectivity index (χ0n) is 14.8. The Morgan fingerprint density at radius 1 is 1.12 bits per heavy atom. The molecule has 0 spiro atoms. The summed E-state index contributed by atoms with van der Waals surface area (Å²) < 4.78 is 27.8. The molecule has 0 radical (unpaired) electrons. The number of hydrogen-bond acceptors (Lipinski definition) is 6. The highest BCUT2D eigenvalue weighted by Gasteiger charge is 2.24. The number of anilines is 1. The number of rotatable bonds is 3. The van der Waals surface area contributed by atoms with Crippen LogP contribution in [0.5, 0.6) is 0 Å². The topological polar surface area (TPSA) is 62.3 Å². The van der Waals surface area contributed by atoms with Crippen molar-refractivity contribution in [1.29, 1.82) is 0 Å². The van der Waals surface area contributed by atoms with E-state index in [9.17, 15) is 8.42 Å². The molecule has 0 aliphatic carbocycles. The van der Waals surface area contributed by atoms with E-state index < -0.39 is 9.84 Å². The second-order valence-corrected chi connectivity index (χ2v) is 9.85. The van der Waals surface area contributed by atoms with Crippen LogP contribution in [0, 0.1) is 13.8 Å². The molecule has 7 heteroatoms. The number of pyridine rings is 1. The molecule has 1 N–H and O–H groups in total. The van der Waals surface area contributed by atoms with Crippen molar-refractivity contribution in [3.8, 4) is 0 Å². The lowest BCUT2D eigenvalue weighted by atomic mass is 10.2. The molecule has 1 aliphatic heterocycles. The average molecular weight is 388 g/mol. The molecular formula is C19H21N3O2S2. The van der Waals surface area contributed by atoms with Crippen LogP contribution in [0.15, 0.2) is 45.6 Å². The van der Waals surface area contributed by atoms with Gasteiger partial charge in [-0.2, -0.15) is 0 Å². The smallest absolute Gasteiger partial charge is 0.216 e. The Morgan fingerprint density at radius 2 is 1.88 bits per heavy atom. The second kappa shape index (κ2) is 6.64. The third-order valence-corrected chi connectivity index (χ3v) is 8.19. The van der Waals surface area contributed by atoms with E-state index in [0.717, 1.165) is 53.2 Å². The van der Waals surface area contributed by atoms with Crippen molar-refractivity contribution in [2.24, 2.45) is 0 Å². The van der Waals surface area contributed by atoms with Gasteiger partial charge in [-0.05, 0) is 43.2 Å². The molecule has 3 aromatic rings. The fourth-order valence-electron chi connectivity index (χ4n) is 3.29. The number of aryl methyl sites for hydroxylation is 2. The highest BCUT2D eigenvalue weighted by atomic mass is 32.2. The lowest BCUT2D eigenvalue weighted by Gasteiger charge is -2.28. The molecule has 1 aliphatic rings. The van der Waals surface area contributed by atoms with Crippen molar-refractivity contribution in [1.82, 2.24) is 10.3 Å². The van der Waals surface area contributed by atoms with E-state index >= 15 is 0 Å². The average Bonchev–Trinajstić information content (AvgIpc) is 3.09. The molecule has 0 bridgehead atoms. The quantitative estimate of drug-likeness (QED) is 0.748. The second-order valence-electron chi connectivity index (χ2n) is 6.62. The van der Waals surface area contributed by atoms with Gasteiger partial charge in [-0.25, -0.2) is 13.4 Å². The monoisotopic (exact) mass is 387 g/mol. The summed E-state index contributed by atoms with van der Waals surface area (Å²) in [4.78, 5) is 7.15. The van der Waals surface area contributed by atoms with E-state index in [0.29, 0.717) is 9.10 Å². The van der Waals surface area contributed by atoms with Crippen LogP contribution in [0.1, 0.15) is 11.1 Å². The van der Waals surface area contributed by atoms with Gasteiger partial charge in [0.1, 0.15) is 10.0 Å². The Labute approximate surface area is 157 Å². The van der Waals surface area contributed by atoms with Gasteiger partial charge in [-0.15, -0.1) is 11.3 Å². The summed E-state index contributed by atoms with van der Waals surface area (Å²) in [5.41, 5.74) is 1.71. The van der Waals surface area contributed by atoms with Gasteiger partial charge in [0.05, 0.1) is 4.90 Å². The first-order valence-electron chi connectivity index (χ1n) is 8.63. The molecule has 1 saturated heterocycles. The summed E-state index contributed by atoms with van der Waals surface area (Å²) in [6.45, 7) is 7.33. The van der Waals surface area contributed by atoms with Crippen LogP contribution < -0.4 is 10.2 Å². The molecule has 1 aromatic carbocycles. The number of sulfone groups is 1. The van der Waals surface area contributed by atoms with E-state index in [1.165, 1.54) is 11.3 Å². The lowest BCUT2D eigenvalue weighted by Crippen LogP contribution is -2.43. The maximum atomic E-state index is 13.2. The predicted octanol–water partition coefficient (Wildman–Crippen LogP) is 3.16. The molecule has 0 unspecified atom stereocenters. The number of fused-ring (bicyclic) bond motifs is 1. The molecule has 0 atom stereocenters. The number of thiophene rings is 1. The third-order valence-electron chi connectivity index (χ3n) is 4.72. The third kappa shape index (κ3) is 3.00. The van der Waals surface area contributed by atoms with Gasteiger partial charge < -0.3 is 10.2 Å². The maximum Gasteiger partial charge on any atom is 0.216 e. The lowest BCUT2D eigenvalue weighted by molar-refractivity contribution is 0.586. The standard InChI is InChI=1S/C19H21N3O2S2/c1-13-3-4-14(2)17(11-13)26(23,24)18-12-15-16(25-18)5-6-21-19(15)22-9-7-20-8-10-22/h3-6,11-12,20H,7-10H2,1-2H3. The molecule has 1 fully saturated rings. The molecule has 2 aromatic heterocycles. The van der Waals surface area contributed by atoms with Crippen LogP contribution in [-0.4, -0.2) is 39.6 Å². The molecule has 0 amide bonds. The van der Waals surface area contributed by atoms with E-state index in [2.05, 4.69) is 15.2 Å². The van der Waals surface area contributed by atoms with Gasteiger partial charge >= 0.3 is 0 Å². The van der Waals surface area contributed by atoms with Crippen LogP contribution in [0.4, 0.5) is 5.82 Å². The van der Waals surface area contributed by atoms with Gasteiger partial charge in [0.25, 0.3) is 0 Å². The van der Waals surface area contributed by atoms with Crippen LogP contribution in [0.2, 0.25) is 0 Å². The minimum atomic E-state index is -3.54. The molecule has 5 nitrogen and oxygen atoms in total. The Morgan fingerprint density at radius 3 is 2.65 bits per heavy atom. The number of benzene rings is 1. The summed E-state index contributed by atoms with van der Waals surface area (Å²) in [6.07, 6.45) is 1.77. The summed E-state index contributed by atoms with van der Waals surface area (Å²) in [5, 5.41) is 4.25. The fraction of sp³-hybridized carbons (Fsp3) is 0.316. The predicted molar refractivity (Wildman–Crippen MR) is 106 cm³/mol. The maximum absolute atomic E-state index is 13.2. The Hall–Kier alpha value is -1.96. The van der Waals surface area contributed by atoms with Crippen molar-refractivity contribution in [2.75, 3.05) is 31.1 Å². The zero-order chi connectivity index (χ0) is 18.3. The molecular weight excluding hydrogens is 366 g/mol. The highest BCUT2D eigenvalue weighted by Crippen LogP contribution is 2.37. The van der Waals surface area contributed by atoms with Crippen LogP contribution in [0.25, 0.3) is 10.1 Å². The molecule has 136 valence electrons. The number of nitrogens with zero attached hydrogens (tertiary/aromatic N) is 2. The van der Waals surface area contributed by atoms with Crippen molar-refractivity contribution in [3.63, 3.8) is 0 Å². The minimum Gasteiger partial charge on any atom is -0.354 e. The van der Waals surface area contributed by atoms with Crippen molar-refractivity contribution in [2.45, 2.75) is 23.0 Å². The van der Waals surface area contributed by atoms with E-state index in [4.69, 9.17) is 0 Å². The number of hydrogen-bond donors (Lipinski definition) is 1. The largest absolute Gasteiger partial charge is 0.354 e. The van der Waals surface area contributed by atoms with E-state index in [1.54, 1.807) is 18.3 Å². The molecule has 0 saturated carbocycles. The van der Waals surface area contributed by atoms with Crippen molar-refractivity contribution >= 4 is 37.1 Å². The van der Waals surface area contributed by atoms with Gasteiger partial charge in [0.15, 0.2) is 0 Å². The first kappa shape index (κ1) is 17.5. The van der Waals surface area contributed by atoms with Crippen LogP contribution in [-0.2, 0) is 9.84 Å². The van der Waals surface area contributed by atoms with Crippen molar-refractivity contribution in [3.05, 3.63) is 47.7 Å². The van der Waals surface area contributed by atoms with Gasteiger partial charge in [0, 0.05) is 42.5 Å². The Bertz CT molecular complexity index is 1070. The SMILES string of the molecule is Cc1ccc(C)c(S(=O)(=O)c2cc3c(N4CCNCC4)nccc3s2)c1. The van der Waals surface area contributed by atoms with Gasteiger partial charge in [0.2, 0.25) is 9.84 Å². The van der Waals surface area contributed by atoms with Crippen molar-refractivity contribution < 1.29 is 8.42 Å². The first-order valence-corrected chi connectivity index (χ1v) is 10.9. The Balaban J connectivity index is 1.84. The highest BCUT2D eigenvalue weighted by molar-refractivity contribution is 7.93. The molecule has 3 heterocycles. The summed E-state index contributed by atoms with van der Waals surface area (Å²) in [6, 6.07) is 9.24.